The molecule has 5 nitrogen and oxygen atoms in total. The molecule has 1 aromatic rings. The van der Waals surface area contributed by atoms with Crippen molar-refractivity contribution in [3.63, 3.8) is 0 Å². The van der Waals surface area contributed by atoms with Gasteiger partial charge in [-0.25, -0.2) is 4.98 Å². The van der Waals surface area contributed by atoms with Crippen LogP contribution >= 0.6 is 0 Å². The molecule has 1 aliphatic carbocycles. The van der Waals surface area contributed by atoms with Gasteiger partial charge in [-0.1, -0.05) is 6.92 Å². The first-order chi connectivity index (χ1) is 9.74. The van der Waals surface area contributed by atoms with Crippen molar-refractivity contribution in [2.45, 2.75) is 38.6 Å². The summed E-state index contributed by atoms with van der Waals surface area (Å²) in [6.07, 6.45) is 3.81. The Hall–Kier alpha value is -2.09. The minimum atomic E-state index is -0.220. The zero-order valence-electron chi connectivity index (χ0n) is 11.6. The fourth-order valence-electron chi connectivity index (χ4n) is 3.14. The third kappa shape index (κ3) is 2.01. The van der Waals surface area contributed by atoms with E-state index in [1.165, 1.54) is 5.56 Å². The molecule has 1 aromatic heterocycles. The minimum Gasteiger partial charge on any atom is -0.353 e. The van der Waals surface area contributed by atoms with Crippen molar-refractivity contribution in [1.29, 1.82) is 5.26 Å². The van der Waals surface area contributed by atoms with Gasteiger partial charge < -0.3 is 10.2 Å². The SMILES string of the molecule is CCC1C(=O)NCCN1c1nc2c(cc1C#N)CCC2. The molecular weight excluding hydrogens is 252 g/mol. The van der Waals surface area contributed by atoms with Crippen LogP contribution in [0.2, 0.25) is 0 Å². The number of carbonyl (C=O) groups is 1. The van der Waals surface area contributed by atoms with Gasteiger partial charge in [-0.2, -0.15) is 5.26 Å². The topological polar surface area (TPSA) is 69.0 Å². The van der Waals surface area contributed by atoms with Gasteiger partial charge >= 0.3 is 0 Å². The number of hydrogen-bond acceptors (Lipinski definition) is 4. The van der Waals surface area contributed by atoms with E-state index in [1.807, 2.05) is 17.9 Å². The summed E-state index contributed by atoms with van der Waals surface area (Å²) in [5.41, 5.74) is 2.89. The Kier molecular flexibility index (Phi) is 3.31. The third-order valence-electron chi connectivity index (χ3n) is 4.14. The lowest BCUT2D eigenvalue weighted by Crippen LogP contribution is -2.55. The van der Waals surface area contributed by atoms with Gasteiger partial charge in [-0.15, -0.1) is 0 Å². The number of aromatic nitrogens is 1. The van der Waals surface area contributed by atoms with Gasteiger partial charge in [0.15, 0.2) is 0 Å². The standard InChI is InChI=1S/C15H18N4O/c1-2-13-15(20)17-6-7-19(13)14-11(9-16)8-10-4-3-5-12(10)18-14/h8,13H,2-7H2,1H3,(H,17,20). The molecule has 1 N–H and O–H groups in total. The van der Waals surface area contributed by atoms with Crippen molar-refractivity contribution in [2.75, 3.05) is 18.0 Å². The second-order valence-electron chi connectivity index (χ2n) is 5.34. The van der Waals surface area contributed by atoms with Gasteiger partial charge in [-0.3, -0.25) is 4.79 Å². The van der Waals surface area contributed by atoms with E-state index < -0.39 is 0 Å². The molecule has 1 aliphatic heterocycles. The van der Waals surface area contributed by atoms with Crippen LogP contribution < -0.4 is 10.2 Å². The lowest BCUT2D eigenvalue weighted by molar-refractivity contribution is -0.123. The van der Waals surface area contributed by atoms with E-state index >= 15 is 0 Å². The third-order valence-corrected chi connectivity index (χ3v) is 4.14. The highest BCUT2D eigenvalue weighted by molar-refractivity contribution is 5.86. The molecule has 20 heavy (non-hydrogen) atoms. The number of nitrogens with zero attached hydrogens (tertiary/aromatic N) is 3. The smallest absolute Gasteiger partial charge is 0.242 e. The van der Waals surface area contributed by atoms with Crippen LogP contribution in [0, 0.1) is 11.3 Å². The van der Waals surface area contributed by atoms with Crippen LogP contribution in [0.15, 0.2) is 6.07 Å². The van der Waals surface area contributed by atoms with E-state index in [0.717, 1.165) is 31.4 Å². The predicted molar refractivity (Wildman–Crippen MR) is 75.4 cm³/mol. The van der Waals surface area contributed by atoms with Crippen LogP contribution in [0.3, 0.4) is 0 Å². The van der Waals surface area contributed by atoms with E-state index in [-0.39, 0.29) is 11.9 Å². The Morgan fingerprint density at radius 2 is 2.40 bits per heavy atom. The monoisotopic (exact) mass is 270 g/mol. The second-order valence-corrected chi connectivity index (χ2v) is 5.34. The maximum atomic E-state index is 12.0. The molecule has 2 aliphatic rings. The molecule has 1 amide bonds. The Morgan fingerprint density at radius 3 is 3.15 bits per heavy atom. The average molecular weight is 270 g/mol. The molecule has 1 unspecified atom stereocenters. The highest BCUT2D eigenvalue weighted by Crippen LogP contribution is 2.29. The molecule has 5 heteroatoms. The van der Waals surface area contributed by atoms with E-state index in [1.54, 1.807) is 0 Å². The fraction of sp³-hybridized carbons (Fsp3) is 0.533. The number of fused-ring (bicyclic) bond motifs is 1. The van der Waals surface area contributed by atoms with Crippen molar-refractivity contribution >= 4 is 11.7 Å². The van der Waals surface area contributed by atoms with Gasteiger partial charge in [0.25, 0.3) is 0 Å². The zero-order chi connectivity index (χ0) is 14.1. The van der Waals surface area contributed by atoms with Crippen LogP contribution in [-0.4, -0.2) is 30.0 Å². The lowest BCUT2D eigenvalue weighted by atomic mass is 10.1. The Balaban J connectivity index is 2.04. The highest BCUT2D eigenvalue weighted by atomic mass is 16.2. The van der Waals surface area contributed by atoms with Gasteiger partial charge in [0.2, 0.25) is 5.91 Å². The molecule has 2 heterocycles. The van der Waals surface area contributed by atoms with Crippen molar-refractivity contribution < 1.29 is 4.79 Å². The van der Waals surface area contributed by atoms with Crippen molar-refractivity contribution in [1.82, 2.24) is 10.3 Å². The predicted octanol–water partition coefficient (Wildman–Crippen LogP) is 1.16. The second kappa shape index (κ2) is 5.12. The normalized spacial score (nSPS) is 21.3. The summed E-state index contributed by atoms with van der Waals surface area (Å²) in [6, 6.07) is 3.99. The molecule has 0 radical (unpaired) electrons. The maximum absolute atomic E-state index is 12.0. The van der Waals surface area contributed by atoms with E-state index in [9.17, 15) is 10.1 Å². The number of pyridine rings is 1. The molecule has 3 rings (SSSR count). The lowest BCUT2D eigenvalue weighted by Gasteiger charge is -2.36. The molecule has 0 aromatic carbocycles. The Labute approximate surface area is 118 Å². The zero-order valence-corrected chi connectivity index (χ0v) is 11.6. The highest BCUT2D eigenvalue weighted by Gasteiger charge is 2.31. The van der Waals surface area contributed by atoms with Gasteiger partial charge in [0, 0.05) is 18.8 Å². The first-order valence-corrected chi connectivity index (χ1v) is 7.22. The van der Waals surface area contributed by atoms with Gasteiger partial charge in [0.05, 0.1) is 5.56 Å². The van der Waals surface area contributed by atoms with Crippen LogP contribution in [-0.2, 0) is 17.6 Å². The summed E-state index contributed by atoms with van der Waals surface area (Å²) in [6.45, 7) is 3.31. The Morgan fingerprint density at radius 1 is 1.55 bits per heavy atom. The summed E-state index contributed by atoms with van der Waals surface area (Å²) < 4.78 is 0. The summed E-state index contributed by atoms with van der Waals surface area (Å²) >= 11 is 0. The number of rotatable bonds is 2. The molecule has 1 fully saturated rings. The van der Waals surface area contributed by atoms with Crippen molar-refractivity contribution in [2.24, 2.45) is 0 Å². The minimum absolute atomic E-state index is 0.0324. The largest absolute Gasteiger partial charge is 0.353 e. The summed E-state index contributed by atoms with van der Waals surface area (Å²) in [7, 11) is 0. The first kappa shape index (κ1) is 12.9. The number of nitriles is 1. The van der Waals surface area contributed by atoms with Gasteiger partial charge in [-0.05, 0) is 37.3 Å². The van der Waals surface area contributed by atoms with Gasteiger partial charge in [0.1, 0.15) is 17.9 Å². The van der Waals surface area contributed by atoms with Crippen LogP contribution in [0.5, 0.6) is 0 Å². The molecule has 1 atom stereocenters. The van der Waals surface area contributed by atoms with Crippen molar-refractivity contribution in [3.8, 4) is 6.07 Å². The van der Waals surface area contributed by atoms with E-state index in [4.69, 9.17) is 4.98 Å². The molecule has 0 spiro atoms. The molecule has 0 saturated carbocycles. The number of amides is 1. The van der Waals surface area contributed by atoms with E-state index in [0.29, 0.717) is 24.5 Å². The summed E-state index contributed by atoms with van der Waals surface area (Å²) in [4.78, 5) is 18.7. The Bertz CT molecular complexity index is 590. The van der Waals surface area contributed by atoms with Crippen LogP contribution in [0.4, 0.5) is 5.82 Å². The number of hydrogen-bond donors (Lipinski definition) is 1. The number of anilines is 1. The molecular formula is C15H18N4O. The van der Waals surface area contributed by atoms with Crippen molar-refractivity contribution in [3.05, 3.63) is 22.9 Å². The average Bonchev–Trinajstić information content (AvgIpc) is 2.92. The molecule has 1 saturated heterocycles. The summed E-state index contributed by atoms with van der Waals surface area (Å²) in [5.74, 6) is 0.722. The van der Waals surface area contributed by atoms with Crippen LogP contribution in [0.1, 0.15) is 36.6 Å². The first-order valence-electron chi connectivity index (χ1n) is 7.22. The molecule has 0 bridgehead atoms. The quantitative estimate of drug-likeness (QED) is 0.875. The fourth-order valence-corrected chi connectivity index (χ4v) is 3.14. The number of piperazine rings is 1. The summed E-state index contributed by atoms with van der Waals surface area (Å²) in [5, 5.41) is 12.3. The van der Waals surface area contributed by atoms with Crippen LogP contribution in [0.25, 0.3) is 0 Å². The number of nitrogens with one attached hydrogen (secondary N) is 1. The number of carbonyl (C=O) groups excluding carboxylic acids is 1. The molecule has 104 valence electrons. The maximum Gasteiger partial charge on any atom is 0.242 e. The van der Waals surface area contributed by atoms with E-state index in [2.05, 4.69) is 11.4 Å². The number of aryl methyl sites for hydroxylation is 2.